The van der Waals surface area contributed by atoms with Gasteiger partial charge in [-0.05, 0) is 37.3 Å². The number of hydrogen-bond acceptors (Lipinski definition) is 4. The molecule has 0 spiro atoms. The van der Waals surface area contributed by atoms with E-state index >= 15 is 0 Å². The Bertz CT molecular complexity index is 714. The van der Waals surface area contributed by atoms with E-state index in [0.29, 0.717) is 12.0 Å². The predicted octanol–water partition coefficient (Wildman–Crippen LogP) is 2.24. The van der Waals surface area contributed by atoms with Gasteiger partial charge in [-0.15, -0.1) is 24.0 Å². The van der Waals surface area contributed by atoms with Crippen molar-refractivity contribution in [1.29, 1.82) is 0 Å². The monoisotopic (exact) mass is 543 g/mol. The molecule has 0 aromatic heterocycles. The first-order valence-electron chi connectivity index (χ1n) is 11.1. The summed E-state index contributed by atoms with van der Waals surface area (Å²) in [7, 11) is 3.52. The molecule has 1 amide bonds. The average Bonchev–Trinajstić information content (AvgIpc) is 3.26. The number of piperidine rings is 1. The molecule has 0 bridgehead atoms. The van der Waals surface area contributed by atoms with Crippen LogP contribution in [0.1, 0.15) is 30.4 Å². The average molecular weight is 543 g/mol. The van der Waals surface area contributed by atoms with Gasteiger partial charge in [-0.1, -0.05) is 24.3 Å². The highest BCUT2D eigenvalue weighted by Crippen LogP contribution is 2.16. The summed E-state index contributed by atoms with van der Waals surface area (Å²) in [5, 5.41) is 7.01. The number of aryl methyl sites for hydroxylation is 1. The Labute approximate surface area is 204 Å². The lowest BCUT2D eigenvalue weighted by Crippen LogP contribution is -2.49. The van der Waals surface area contributed by atoms with E-state index in [9.17, 15) is 4.79 Å². The van der Waals surface area contributed by atoms with E-state index in [0.717, 1.165) is 64.6 Å². The Hall–Kier alpha value is -1.39. The summed E-state index contributed by atoms with van der Waals surface area (Å²) >= 11 is 0. The molecule has 1 aromatic carbocycles. The maximum atomic E-state index is 12.0. The molecule has 174 valence electrons. The standard InChI is InChI=1S/C23H37N5O2.HI/c1-18-6-4-5-7-20(18)16-28-11-8-21(9-12-28)26-23(25-15-22(29)27(2)3)24-14-19-10-13-30-17-19;/h4-7,19,21H,8-17H2,1-3H3,(H2,24,25,26);1H. The smallest absolute Gasteiger partial charge is 0.243 e. The Morgan fingerprint density at radius 1 is 1.23 bits per heavy atom. The molecule has 1 atom stereocenters. The van der Waals surface area contributed by atoms with Crippen LogP contribution in [0.15, 0.2) is 29.3 Å². The molecule has 2 heterocycles. The zero-order valence-corrected chi connectivity index (χ0v) is 21.4. The number of halogens is 1. The summed E-state index contributed by atoms with van der Waals surface area (Å²) in [5.74, 6) is 1.26. The van der Waals surface area contributed by atoms with E-state index in [1.807, 2.05) is 0 Å². The van der Waals surface area contributed by atoms with Gasteiger partial charge in [-0.3, -0.25) is 9.69 Å². The van der Waals surface area contributed by atoms with Crippen molar-refractivity contribution in [2.24, 2.45) is 10.9 Å². The fraction of sp³-hybridized carbons (Fsp3) is 0.652. The fourth-order valence-electron chi connectivity index (χ4n) is 3.88. The van der Waals surface area contributed by atoms with Gasteiger partial charge in [0.25, 0.3) is 0 Å². The van der Waals surface area contributed by atoms with Gasteiger partial charge in [0.1, 0.15) is 6.54 Å². The lowest BCUT2D eigenvalue weighted by molar-refractivity contribution is -0.127. The van der Waals surface area contributed by atoms with Gasteiger partial charge in [0.2, 0.25) is 5.91 Å². The number of hydrogen-bond donors (Lipinski definition) is 2. The molecule has 0 radical (unpaired) electrons. The molecular weight excluding hydrogens is 505 g/mol. The highest BCUT2D eigenvalue weighted by Gasteiger charge is 2.22. The van der Waals surface area contributed by atoms with Crippen LogP contribution in [-0.2, 0) is 16.1 Å². The molecule has 7 nitrogen and oxygen atoms in total. The van der Waals surface area contributed by atoms with Crippen LogP contribution in [-0.4, -0.2) is 81.2 Å². The number of carbonyl (C=O) groups is 1. The zero-order valence-electron chi connectivity index (χ0n) is 19.1. The molecular formula is C23H38IN5O2. The highest BCUT2D eigenvalue weighted by atomic mass is 127. The van der Waals surface area contributed by atoms with Crippen LogP contribution in [0, 0.1) is 12.8 Å². The molecule has 1 aromatic rings. The van der Waals surface area contributed by atoms with Crippen molar-refractivity contribution in [2.75, 3.05) is 53.5 Å². The SMILES string of the molecule is Cc1ccccc1CN1CCC(NC(=NCC(=O)N(C)C)NCC2CCOC2)CC1.I. The zero-order chi connectivity index (χ0) is 21.3. The molecule has 0 aliphatic carbocycles. The van der Waals surface area contributed by atoms with E-state index in [1.54, 1.807) is 19.0 Å². The Kier molecular flexibility index (Phi) is 11.0. The van der Waals surface area contributed by atoms with Crippen molar-refractivity contribution in [3.63, 3.8) is 0 Å². The van der Waals surface area contributed by atoms with Gasteiger partial charge in [-0.2, -0.15) is 0 Å². The Morgan fingerprint density at radius 2 is 1.97 bits per heavy atom. The minimum absolute atomic E-state index is 0. The Balaban J connectivity index is 0.00000341. The summed E-state index contributed by atoms with van der Waals surface area (Å²) in [6, 6.07) is 9.00. The molecule has 2 N–H and O–H groups in total. The number of nitrogens with one attached hydrogen (secondary N) is 2. The number of benzene rings is 1. The third-order valence-electron chi connectivity index (χ3n) is 6.04. The molecule has 2 aliphatic rings. The third-order valence-corrected chi connectivity index (χ3v) is 6.04. The summed E-state index contributed by atoms with van der Waals surface area (Å²) < 4.78 is 5.47. The highest BCUT2D eigenvalue weighted by molar-refractivity contribution is 14.0. The number of carbonyl (C=O) groups excluding carboxylic acids is 1. The first-order chi connectivity index (χ1) is 14.5. The molecule has 8 heteroatoms. The van der Waals surface area contributed by atoms with E-state index in [2.05, 4.69) is 51.7 Å². The molecule has 0 saturated carbocycles. The summed E-state index contributed by atoms with van der Waals surface area (Å²) in [4.78, 5) is 20.6. The number of nitrogens with zero attached hydrogens (tertiary/aromatic N) is 3. The lowest BCUT2D eigenvalue weighted by Gasteiger charge is -2.33. The van der Waals surface area contributed by atoms with Crippen LogP contribution in [0.2, 0.25) is 0 Å². The fourth-order valence-corrected chi connectivity index (χ4v) is 3.88. The number of guanidine groups is 1. The van der Waals surface area contributed by atoms with Crippen molar-refractivity contribution >= 4 is 35.8 Å². The largest absolute Gasteiger partial charge is 0.381 e. The van der Waals surface area contributed by atoms with Crippen molar-refractivity contribution in [3.05, 3.63) is 35.4 Å². The first-order valence-corrected chi connectivity index (χ1v) is 11.1. The summed E-state index contributed by atoms with van der Waals surface area (Å²) in [6.45, 7) is 7.95. The van der Waals surface area contributed by atoms with Crippen molar-refractivity contribution in [3.8, 4) is 0 Å². The number of rotatable bonds is 7. The second-order valence-corrected chi connectivity index (χ2v) is 8.68. The number of likely N-dealkylation sites (N-methyl/N-ethyl adjacent to an activating group) is 1. The molecule has 3 rings (SSSR count). The lowest BCUT2D eigenvalue weighted by atomic mass is 10.0. The quantitative estimate of drug-likeness (QED) is 0.314. The maximum absolute atomic E-state index is 12.0. The van der Waals surface area contributed by atoms with Gasteiger partial charge in [-0.25, -0.2) is 4.99 Å². The van der Waals surface area contributed by atoms with E-state index in [-0.39, 0.29) is 36.4 Å². The molecule has 2 aliphatic heterocycles. The number of amides is 1. The molecule has 2 saturated heterocycles. The van der Waals surface area contributed by atoms with Crippen LogP contribution in [0.5, 0.6) is 0 Å². The van der Waals surface area contributed by atoms with Gasteiger partial charge < -0.3 is 20.3 Å². The number of aliphatic imine (C=N–C) groups is 1. The van der Waals surface area contributed by atoms with Crippen LogP contribution >= 0.6 is 24.0 Å². The number of ether oxygens (including phenoxy) is 1. The maximum Gasteiger partial charge on any atom is 0.243 e. The second kappa shape index (κ2) is 13.2. The van der Waals surface area contributed by atoms with Crippen molar-refractivity contribution < 1.29 is 9.53 Å². The minimum atomic E-state index is 0. The van der Waals surface area contributed by atoms with E-state index in [1.165, 1.54) is 11.1 Å². The van der Waals surface area contributed by atoms with Crippen LogP contribution < -0.4 is 10.6 Å². The first kappa shape index (κ1) is 25.9. The number of likely N-dealkylation sites (tertiary alicyclic amines) is 1. The summed E-state index contributed by atoms with van der Waals surface area (Å²) in [5.41, 5.74) is 2.77. The van der Waals surface area contributed by atoms with Gasteiger partial charge in [0, 0.05) is 58.8 Å². The van der Waals surface area contributed by atoms with Crippen LogP contribution in [0.4, 0.5) is 0 Å². The van der Waals surface area contributed by atoms with Gasteiger partial charge in [0.05, 0.1) is 6.61 Å². The third kappa shape index (κ3) is 8.57. The van der Waals surface area contributed by atoms with E-state index in [4.69, 9.17) is 4.74 Å². The second-order valence-electron chi connectivity index (χ2n) is 8.68. The molecule has 31 heavy (non-hydrogen) atoms. The topological polar surface area (TPSA) is 69.2 Å². The van der Waals surface area contributed by atoms with Gasteiger partial charge in [0.15, 0.2) is 5.96 Å². The predicted molar refractivity (Wildman–Crippen MR) is 136 cm³/mol. The minimum Gasteiger partial charge on any atom is -0.381 e. The summed E-state index contributed by atoms with van der Waals surface area (Å²) in [6.07, 6.45) is 3.22. The van der Waals surface area contributed by atoms with E-state index < -0.39 is 0 Å². The van der Waals surface area contributed by atoms with Crippen molar-refractivity contribution in [1.82, 2.24) is 20.4 Å². The Morgan fingerprint density at radius 3 is 2.61 bits per heavy atom. The van der Waals surface area contributed by atoms with Crippen LogP contribution in [0.25, 0.3) is 0 Å². The molecule has 1 unspecified atom stereocenters. The van der Waals surface area contributed by atoms with Gasteiger partial charge >= 0.3 is 0 Å². The van der Waals surface area contributed by atoms with Crippen molar-refractivity contribution in [2.45, 2.75) is 38.8 Å². The molecule has 2 fully saturated rings. The normalized spacial score (nSPS) is 20.2. The van der Waals surface area contributed by atoms with Crippen LogP contribution in [0.3, 0.4) is 0 Å².